The molecule has 4 heteroatoms. The van der Waals surface area contributed by atoms with Gasteiger partial charge in [-0.2, -0.15) is 0 Å². The molecule has 0 amide bonds. The van der Waals surface area contributed by atoms with Crippen molar-refractivity contribution in [3.8, 4) is 0 Å². The molecule has 0 unspecified atom stereocenters. The van der Waals surface area contributed by atoms with Gasteiger partial charge in [0.2, 0.25) is 0 Å². The predicted octanol–water partition coefficient (Wildman–Crippen LogP) is -0.388. The molecule has 0 aliphatic carbocycles. The maximum atomic E-state index is 0. The Hall–Kier alpha value is 3.27. The number of rotatable bonds is 0. The minimum atomic E-state index is 0. The minimum absolute atomic E-state index is 0. The molecular weight excluding hydrogens is 506 g/mol. The number of hydrogen-bond donors (Lipinski definition) is 0. The molecule has 0 N–H and O–H groups in total. The first-order chi connectivity index (χ1) is 0. The molecule has 0 aromatic carbocycles. The second kappa shape index (κ2) is 16.3. The average molecular weight is 506 g/mol. The third-order valence-electron chi connectivity index (χ3n) is 0. The number of hydrogen-bond acceptors (Lipinski definition) is 0. The van der Waals surface area contributed by atoms with E-state index in [4.69, 9.17) is 0 Å². The third kappa shape index (κ3) is 8.99. The van der Waals surface area contributed by atoms with Crippen LogP contribution in [0.5, 0.6) is 0 Å². The van der Waals surface area contributed by atoms with Crippen molar-refractivity contribution < 1.29 is 74.4 Å². The van der Waals surface area contributed by atoms with Gasteiger partial charge in [-0.15, -0.1) is 0 Å². The molecule has 0 fully saturated rings. The first-order valence-electron chi connectivity index (χ1n) is 0. The smallest absolute Gasteiger partial charge is 0 e. The van der Waals surface area contributed by atoms with E-state index in [2.05, 4.69) is 0 Å². The second-order valence-corrected chi connectivity index (χ2v) is 0. The SMILES string of the molecule is [Cd].[Hg].[Te].[Zn]. The van der Waals surface area contributed by atoms with Crippen molar-refractivity contribution in [1.82, 2.24) is 0 Å². The van der Waals surface area contributed by atoms with Crippen molar-refractivity contribution in [2.45, 2.75) is 0 Å². The zero-order valence-electron chi connectivity index (χ0n) is 2.53. The Balaban J connectivity index is 0. The van der Waals surface area contributed by atoms with Gasteiger partial charge >= 0.3 is 0 Å². The van der Waals surface area contributed by atoms with Crippen LogP contribution in [-0.2, 0) is 74.4 Å². The summed E-state index contributed by atoms with van der Waals surface area (Å²) in [4.78, 5) is 0. The monoisotopic (exact) mass is 510 g/mol. The Labute approximate surface area is 96.0 Å². The standard InChI is InChI=1S/Cd.Hg.Te.Zn. The van der Waals surface area contributed by atoms with Crippen LogP contribution in [0.4, 0.5) is 0 Å². The molecule has 0 aliphatic rings. The summed E-state index contributed by atoms with van der Waals surface area (Å²) in [7, 11) is 0. The van der Waals surface area contributed by atoms with Gasteiger partial charge in [-0.25, -0.2) is 0 Å². The molecule has 0 saturated carbocycles. The summed E-state index contributed by atoms with van der Waals surface area (Å²) in [6, 6.07) is 0. The van der Waals surface area contributed by atoms with Crippen LogP contribution in [0.15, 0.2) is 0 Å². The second-order valence-electron chi connectivity index (χ2n) is 0. The van der Waals surface area contributed by atoms with Gasteiger partial charge in [-0.1, -0.05) is 0 Å². The van der Waals surface area contributed by atoms with E-state index in [-0.39, 0.29) is 98.1 Å². The fraction of sp³-hybridized carbons (Fsp3) is 0. The Kier molecular flexibility index (Phi) is 109. The normalized spacial score (nSPS) is 0. The molecule has 0 bridgehead atoms. The molecular formula is CdHgTeZn. The topological polar surface area (TPSA) is 0 Å². The molecule has 0 aromatic heterocycles. The van der Waals surface area contributed by atoms with E-state index in [1.807, 2.05) is 0 Å². The zero-order chi connectivity index (χ0) is 0. The Morgan fingerprint density at radius 1 is 1.00 bits per heavy atom. The van der Waals surface area contributed by atoms with E-state index in [1.165, 1.54) is 0 Å². The van der Waals surface area contributed by atoms with Crippen LogP contribution in [-0.4, -0.2) is 23.7 Å². The summed E-state index contributed by atoms with van der Waals surface area (Å²) in [6.07, 6.45) is 0. The zero-order valence-corrected chi connectivity index (χ0v) is 17.4. The van der Waals surface area contributed by atoms with E-state index < -0.39 is 0 Å². The fourth-order valence-electron chi connectivity index (χ4n) is 0. The van der Waals surface area contributed by atoms with Gasteiger partial charge in [0.1, 0.15) is 0 Å². The van der Waals surface area contributed by atoms with Crippen LogP contribution in [0.1, 0.15) is 0 Å². The van der Waals surface area contributed by atoms with Crippen molar-refractivity contribution in [3.63, 3.8) is 0 Å². The summed E-state index contributed by atoms with van der Waals surface area (Å²) in [5.74, 6) is 0. The van der Waals surface area contributed by atoms with Gasteiger partial charge in [0.05, 0.1) is 0 Å². The van der Waals surface area contributed by atoms with E-state index in [9.17, 15) is 0 Å². The maximum absolute atomic E-state index is 0. The quantitative estimate of drug-likeness (QED) is 0.394. The molecule has 0 aliphatic heterocycles. The summed E-state index contributed by atoms with van der Waals surface area (Å²) >= 11 is 0. The van der Waals surface area contributed by atoms with E-state index in [0.717, 1.165) is 0 Å². The molecule has 2 radical (unpaired) electrons. The molecule has 0 spiro atoms. The fourth-order valence-corrected chi connectivity index (χ4v) is 0. The first kappa shape index (κ1) is 26.7. The van der Waals surface area contributed by atoms with Crippen LogP contribution in [0.25, 0.3) is 0 Å². The van der Waals surface area contributed by atoms with Crippen molar-refractivity contribution in [2.75, 3.05) is 0 Å². The summed E-state index contributed by atoms with van der Waals surface area (Å²) in [5, 5.41) is 0. The Bertz CT molecular complexity index is 8.00. The summed E-state index contributed by atoms with van der Waals surface area (Å²) < 4.78 is 0. The van der Waals surface area contributed by atoms with Crippen LogP contribution >= 0.6 is 0 Å². The van der Waals surface area contributed by atoms with Gasteiger partial charge in [-0.05, 0) is 0 Å². The van der Waals surface area contributed by atoms with Crippen molar-refractivity contribution in [3.05, 3.63) is 0 Å². The predicted molar refractivity (Wildman–Crippen MR) is 5.75 cm³/mol. The third-order valence-corrected chi connectivity index (χ3v) is 0. The van der Waals surface area contributed by atoms with Crippen molar-refractivity contribution in [2.24, 2.45) is 0 Å². The Morgan fingerprint density at radius 3 is 1.00 bits per heavy atom. The summed E-state index contributed by atoms with van der Waals surface area (Å²) in [6.45, 7) is 0. The van der Waals surface area contributed by atoms with E-state index >= 15 is 0 Å². The molecule has 0 aromatic rings. The molecule has 0 rings (SSSR count). The molecule has 0 atom stereocenters. The average Bonchev–Trinajstić information content (AvgIpc) is 0. The largest absolute Gasteiger partial charge is 0 e. The minimum Gasteiger partial charge on any atom is 0 e. The van der Waals surface area contributed by atoms with Gasteiger partial charge < -0.3 is 0 Å². The molecule has 4 heavy (non-hydrogen) atoms. The molecule has 0 nitrogen and oxygen atoms in total. The van der Waals surface area contributed by atoms with Crippen molar-refractivity contribution in [1.29, 1.82) is 0 Å². The van der Waals surface area contributed by atoms with Crippen LogP contribution in [0.3, 0.4) is 0 Å². The van der Waals surface area contributed by atoms with Gasteiger partial charge in [-0.3, -0.25) is 0 Å². The van der Waals surface area contributed by atoms with Crippen LogP contribution in [0, 0.1) is 0 Å². The van der Waals surface area contributed by atoms with E-state index in [1.54, 1.807) is 0 Å². The van der Waals surface area contributed by atoms with Gasteiger partial charge in [0.15, 0.2) is 0 Å². The van der Waals surface area contributed by atoms with Crippen LogP contribution in [0.2, 0.25) is 0 Å². The summed E-state index contributed by atoms with van der Waals surface area (Å²) in [5.41, 5.74) is 0. The van der Waals surface area contributed by atoms with Crippen molar-refractivity contribution >= 4 is 23.7 Å². The Morgan fingerprint density at radius 2 is 1.00 bits per heavy atom. The molecule has 12 valence electrons. The van der Waals surface area contributed by atoms with Crippen LogP contribution < -0.4 is 0 Å². The van der Waals surface area contributed by atoms with Gasteiger partial charge in [0.25, 0.3) is 0 Å². The maximum Gasteiger partial charge on any atom is 0 e. The first-order valence-corrected chi connectivity index (χ1v) is 0. The molecule has 0 saturated heterocycles. The van der Waals surface area contributed by atoms with Gasteiger partial charge in [0, 0.05) is 98.1 Å². The molecule has 0 heterocycles. The van der Waals surface area contributed by atoms with E-state index in [0.29, 0.717) is 0 Å².